The van der Waals surface area contributed by atoms with Crippen LogP contribution < -0.4 is 0 Å². The second kappa shape index (κ2) is 11.4. The van der Waals surface area contributed by atoms with Gasteiger partial charge < -0.3 is 14.4 Å². The molecule has 7 nitrogen and oxygen atoms in total. The minimum absolute atomic E-state index is 0.0881. The Kier molecular flexibility index (Phi) is 8.30. The number of piperidine rings is 1. The molecule has 0 saturated carbocycles. The lowest BCUT2D eigenvalue weighted by Crippen LogP contribution is -2.49. The van der Waals surface area contributed by atoms with Crippen molar-refractivity contribution >= 4 is 5.91 Å². The maximum absolute atomic E-state index is 12.9. The summed E-state index contributed by atoms with van der Waals surface area (Å²) in [6.07, 6.45) is 6.15. The highest BCUT2D eigenvalue weighted by atomic mass is 16.5. The highest BCUT2D eigenvalue weighted by Gasteiger charge is 2.29. The Labute approximate surface area is 186 Å². The fourth-order valence-electron chi connectivity index (χ4n) is 5.08. The SMILES string of the molecule is Cc1cccnc1C(=O)N1CCC(CN(CCN2CCOCC2)C2CCOCC2)CC1. The number of pyridine rings is 1. The molecular weight excluding hydrogens is 392 g/mol. The molecule has 3 aliphatic rings. The normalized spacial score (nSPS) is 22.2. The summed E-state index contributed by atoms with van der Waals surface area (Å²) in [5.74, 6) is 0.742. The molecule has 0 spiro atoms. The van der Waals surface area contributed by atoms with Gasteiger partial charge in [0.1, 0.15) is 5.69 Å². The van der Waals surface area contributed by atoms with Gasteiger partial charge in [-0.2, -0.15) is 0 Å². The molecule has 3 aliphatic heterocycles. The highest BCUT2D eigenvalue weighted by Crippen LogP contribution is 2.23. The van der Waals surface area contributed by atoms with Gasteiger partial charge in [-0.25, -0.2) is 0 Å². The lowest BCUT2D eigenvalue weighted by molar-refractivity contribution is 0.00623. The van der Waals surface area contributed by atoms with Gasteiger partial charge in [0, 0.05) is 71.3 Å². The largest absolute Gasteiger partial charge is 0.381 e. The third-order valence-corrected chi connectivity index (χ3v) is 7.12. The molecule has 0 radical (unpaired) electrons. The van der Waals surface area contributed by atoms with Crippen LogP contribution in [0.5, 0.6) is 0 Å². The lowest BCUT2D eigenvalue weighted by atomic mass is 9.94. The number of aryl methyl sites for hydroxylation is 1. The molecule has 4 heterocycles. The van der Waals surface area contributed by atoms with E-state index in [1.165, 1.54) is 0 Å². The topological polar surface area (TPSA) is 58.1 Å². The van der Waals surface area contributed by atoms with Crippen LogP contribution in [0.15, 0.2) is 18.3 Å². The first-order valence-electron chi connectivity index (χ1n) is 12.0. The molecule has 0 aromatic carbocycles. The zero-order valence-electron chi connectivity index (χ0n) is 19.0. The summed E-state index contributed by atoms with van der Waals surface area (Å²) in [4.78, 5) is 24.5. The molecule has 0 atom stereocenters. The Morgan fingerprint density at radius 2 is 1.77 bits per heavy atom. The van der Waals surface area contributed by atoms with Crippen LogP contribution in [0.3, 0.4) is 0 Å². The quantitative estimate of drug-likeness (QED) is 0.660. The second-order valence-electron chi connectivity index (χ2n) is 9.20. The van der Waals surface area contributed by atoms with Crippen LogP contribution in [-0.4, -0.2) is 104 Å². The maximum atomic E-state index is 12.9. The molecule has 1 amide bonds. The average Bonchev–Trinajstić information content (AvgIpc) is 2.83. The van der Waals surface area contributed by atoms with Crippen molar-refractivity contribution in [2.24, 2.45) is 5.92 Å². The van der Waals surface area contributed by atoms with Crippen LogP contribution in [-0.2, 0) is 9.47 Å². The molecule has 7 heteroatoms. The second-order valence-corrected chi connectivity index (χ2v) is 9.20. The number of rotatable bonds is 7. The Morgan fingerprint density at radius 3 is 2.48 bits per heavy atom. The van der Waals surface area contributed by atoms with Gasteiger partial charge in [0.05, 0.1) is 13.2 Å². The predicted molar refractivity (Wildman–Crippen MR) is 120 cm³/mol. The van der Waals surface area contributed by atoms with E-state index in [9.17, 15) is 4.79 Å². The summed E-state index contributed by atoms with van der Waals surface area (Å²) in [5.41, 5.74) is 1.57. The molecule has 172 valence electrons. The minimum atomic E-state index is 0.0881. The molecule has 1 aromatic heterocycles. The number of carbonyl (C=O) groups is 1. The fourth-order valence-corrected chi connectivity index (χ4v) is 5.08. The van der Waals surface area contributed by atoms with E-state index in [1.54, 1.807) is 6.20 Å². The van der Waals surface area contributed by atoms with Crippen LogP contribution in [0.2, 0.25) is 0 Å². The van der Waals surface area contributed by atoms with Gasteiger partial charge in [-0.15, -0.1) is 0 Å². The van der Waals surface area contributed by atoms with E-state index < -0.39 is 0 Å². The van der Waals surface area contributed by atoms with E-state index in [4.69, 9.17) is 9.47 Å². The zero-order valence-corrected chi connectivity index (χ0v) is 19.0. The molecule has 0 bridgehead atoms. The molecular formula is C24H38N4O3. The van der Waals surface area contributed by atoms with E-state index in [2.05, 4.69) is 14.8 Å². The average molecular weight is 431 g/mol. The third-order valence-electron chi connectivity index (χ3n) is 7.12. The number of hydrogen-bond acceptors (Lipinski definition) is 6. The van der Waals surface area contributed by atoms with Gasteiger partial charge in [0.25, 0.3) is 5.91 Å². The van der Waals surface area contributed by atoms with Crippen molar-refractivity contribution in [3.63, 3.8) is 0 Å². The van der Waals surface area contributed by atoms with Crippen molar-refractivity contribution in [2.75, 3.05) is 72.2 Å². The van der Waals surface area contributed by atoms with Gasteiger partial charge in [0.2, 0.25) is 0 Å². The molecule has 3 fully saturated rings. The van der Waals surface area contributed by atoms with E-state index in [-0.39, 0.29) is 5.91 Å². The third kappa shape index (κ3) is 6.25. The van der Waals surface area contributed by atoms with Crippen LogP contribution in [0.25, 0.3) is 0 Å². The molecule has 1 aromatic rings. The number of aromatic nitrogens is 1. The van der Waals surface area contributed by atoms with Crippen molar-refractivity contribution in [1.82, 2.24) is 19.7 Å². The number of morpholine rings is 1. The van der Waals surface area contributed by atoms with Crippen LogP contribution >= 0.6 is 0 Å². The van der Waals surface area contributed by atoms with Crippen LogP contribution in [0.4, 0.5) is 0 Å². The van der Waals surface area contributed by atoms with Crippen molar-refractivity contribution in [1.29, 1.82) is 0 Å². The maximum Gasteiger partial charge on any atom is 0.272 e. The van der Waals surface area contributed by atoms with Gasteiger partial charge in [-0.1, -0.05) is 6.07 Å². The number of likely N-dealkylation sites (tertiary alicyclic amines) is 1. The van der Waals surface area contributed by atoms with Gasteiger partial charge in [-0.05, 0) is 50.2 Å². The van der Waals surface area contributed by atoms with E-state index in [0.717, 1.165) is 103 Å². The van der Waals surface area contributed by atoms with Gasteiger partial charge >= 0.3 is 0 Å². The van der Waals surface area contributed by atoms with Gasteiger partial charge in [0.15, 0.2) is 0 Å². The number of hydrogen-bond donors (Lipinski definition) is 0. The number of carbonyl (C=O) groups excluding carboxylic acids is 1. The smallest absolute Gasteiger partial charge is 0.272 e. The van der Waals surface area contributed by atoms with Crippen molar-refractivity contribution in [3.8, 4) is 0 Å². The number of amides is 1. The van der Waals surface area contributed by atoms with E-state index >= 15 is 0 Å². The standard InChI is InChI=1S/C24H38N4O3/c1-20-3-2-8-25-23(20)24(29)27-9-4-21(5-10-27)19-28(22-6-15-30-16-7-22)12-11-26-13-17-31-18-14-26/h2-3,8,21-22H,4-7,9-19H2,1H3. The lowest BCUT2D eigenvalue weighted by Gasteiger charge is -2.40. The van der Waals surface area contributed by atoms with Crippen LogP contribution in [0, 0.1) is 12.8 Å². The summed E-state index contributed by atoms with van der Waals surface area (Å²) in [5, 5.41) is 0. The van der Waals surface area contributed by atoms with Crippen molar-refractivity contribution in [3.05, 3.63) is 29.6 Å². The summed E-state index contributed by atoms with van der Waals surface area (Å²) >= 11 is 0. The molecule has 0 aliphatic carbocycles. The van der Waals surface area contributed by atoms with Gasteiger partial charge in [-0.3, -0.25) is 19.6 Å². The summed E-state index contributed by atoms with van der Waals surface area (Å²) < 4.78 is 11.1. The fraction of sp³-hybridized carbons (Fsp3) is 0.750. The Balaban J connectivity index is 1.30. The van der Waals surface area contributed by atoms with E-state index in [1.807, 2.05) is 24.0 Å². The molecule has 0 unspecified atom stereocenters. The number of nitrogens with zero attached hydrogens (tertiary/aromatic N) is 4. The Morgan fingerprint density at radius 1 is 1.06 bits per heavy atom. The highest BCUT2D eigenvalue weighted by molar-refractivity contribution is 5.93. The molecule has 4 rings (SSSR count). The zero-order chi connectivity index (χ0) is 21.5. The summed E-state index contributed by atoms with van der Waals surface area (Å²) in [7, 11) is 0. The van der Waals surface area contributed by atoms with Crippen LogP contribution in [0.1, 0.15) is 41.7 Å². The predicted octanol–water partition coefficient (Wildman–Crippen LogP) is 2.06. The first kappa shape index (κ1) is 22.6. The van der Waals surface area contributed by atoms with Crippen molar-refractivity contribution < 1.29 is 14.3 Å². The minimum Gasteiger partial charge on any atom is -0.381 e. The molecule has 0 N–H and O–H groups in total. The molecule has 31 heavy (non-hydrogen) atoms. The van der Waals surface area contributed by atoms with E-state index in [0.29, 0.717) is 17.7 Å². The first-order valence-corrected chi connectivity index (χ1v) is 12.0. The summed E-state index contributed by atoms with van der Waals surface area (Å²) in [6.45, 7) is 12.6. The molecule has 3 saturated heterocycles. The monoisotopic (exact) mass is 430 g/mol. The Bertz CT molecular complexity index is 696. The summed E-state index contributed by atoms with van der Waals surface area (Å²) in [6, 6.07) is 4.48. The van der Waals surface area contributed by atoms with Crippen molar-refractivity contribution in [2.45, 2.75) is 38.6 Å². The Hall–Kier alpha value is -1.54. The first-order chi connectivity index (χ1) is 15.2. The number of ether oxygens (including phenoxy) is 2.